The van der Waals surface area contributed by atoms with Gasteiger partial charge in [0.1, 0.15) is 11.6 Å². The molecule has 2 aromatic heterocycles. The van der Waals surface area contributed by atoms with E-state index < -0.39 is 5.92 Å². The fraction of sp³-hybridized carbons (Fsp3) is 0.409. The first-order valence-corrected chi connectivity index (χ1v) is 12.1. The molecule has 1 atom stereocenters. The fourth-order valence-corrected chi connectivity index (χ4v) is 4.11. The summed E-state index contributed by atoms with van der Waals surface area (Å²) in [6.07, 6.45) is 4.76. The highest BCUT2D eigenvalue weighted by molar-refractivity contribution is 7.98. The van der Waals surface area contributed by atoms with Gasteiger partial charge in [-0.3, -0.25) is 9.59 Å². The van der Waals surface area contributed by atoms with E-state index in [1.807, 2.05) is 6.26 Å². The molecule has 1 unspecified atom stereocenters. The summed E-state index contributed by atoms with van der Waals surface area (Å²) in [5.74, 6) is -0.393. The quantitative estimate of drug-likeness (QED) is 0.365. The van der Waals surface area contributed by atoms with Gasteiger partial charge in [-0.25, -0.2) is 19.0 Å². The van der Waals surface area contributed by atoms with Crippen LogP contribution in [0.4, 0.5) is 15.9 Å². The number of carbonyl (C=O) groups excluding carboxylic acids is 2. The Bertz CT molecular complexity index is 1150. The molecular formula is C22H26FN7O2S. The third-order valence-electron chi connectivity index (χ3n) is 5.46. The Morgan fingerprint density at radius 1 is 1.24 bits per heavy atom. The Balaban J connectivity index is 1.38. The monoisotopic (exact) mass is 471 g/mol. The van der Waals surface area contributed by atoms with Crippen LogP contribution in [0.25, 0.3) is 11.0 Å². The van der Waals surface area contributed by atoms with E-state index in [0.29, 0.717) is 29.6 Å². The van der Waals surface area contributed by atoms with Crippen molar-refractivity contribution < 1.29 is 14.0 Å². The van der Waals surface area contributed by atoms with E-state index in [4.69, 9.17) is 0 Å². The first-order chi connectivity index (χ1) is 16.0. The van der Waals surface area contributed by atoms with E-state index in [2.05, 4.69) is 32.6 Å². The smallest absolute Gasteiger partial charge is 0.227 e. The maximum Gasteiger partial charge on any atom is 0.227 e. The Hall–Kier alpha value is -3.21. The lowest BCUT2D eigenvalue weighted by Gasteiger charge is -2.16. The van der Waals surface area contributed by atoms with Gasteiger partial charge in [-0.05, 0) is 36.9 Å². The number of hydrogen-bond donors (Lipinski definition) is 2. The lowest BCUT2D eigenvalue weighted by molar-refractivity contribution is -0.126. The summed E-state index contributed by atoms with van der Waals surface area (Å²) >= 11 is 1.46. The molecule has 2 amide bonds. The number of carbonyl (C=O) groups is 2. The molecule has 0 bridgehead atoms. The third-order valence-corrected chi connectivity index (χ3v) is 6.01. The number of nitrogens with zero attached hydrogens (tertiary/aromatic N) is 5. The van der Waals surface area contributed by atoms with Crippen molar-refractivity contribution in [3.05, 3.63) is 36.3 Å². The van der Waals surface area contributed by atoms with Crippen LogP contribution in [-0.2, 0) is 16.1 Å². The van der Waals surface area contributed by atoms with Crippen molar-refractivity contribution in [2.24, 2.45) is 5.92 Å². The minimum Gasteiger partial charge on any atom is -0.369 e. The maximum atomic E-state index is 13.2. The molecule has 3 aromatic rings. The molecule has 33 heavy (non-hydrogen) atoms. The number of hydrogen-bond acceptors (Lipinski definition) is 7. The van der Waals surface area contributed by atoms with E-state index in [1.165, 1.54) is 28.8 Å². The van der Waals surface area contributed by atoms with Crippen LogP contribution >= 0.6 is 11.8 Å². The Labute approximate surface area is 195 Å². The zero-order valence-electron chi connectivity index (χ0n) is 18.5. The maximum absolute atomic E-state index is 13.2. The van der Waals surface area contributed by atoms with Crippen molar-refractivity contribution in [2.75, 3.05) is 36.1 Å². The van der Waals surface area contributed by atoms with Gasteiger partial charge < -0.3 is 15.5 Å². The normalized spacial score (nSPS) is 15.9. The molecule has 2 N–H and O–H groups in total. The number of fused-ring (bicyclic) bond motifs is 1. The average Bonchev–Trinajstić information content (AvgIpc) is 3.41. The molecule has 0 saturated carbocycles. The van der Waals surface area contributed by atoms with E-state index in [1.54, 1.807) is 23.0 Å². The molecule has 0 radical (unpaired) electrons. The number of amides is 2. The molecule has 3 heterocycles. The Kier molecular flexibility index (Phi) is 7.07. The van der Waals surface area contributed by atoms with E-state index in [-0.39, 0.29) is 30.6 Å². The summed E-state index contributed by atoms with van der Waals surface area (Å²) in [4.78, 5) is 35.7. The number of halogens is 1. The van der Waals surface area contributed by atoms with Gasteiger partial charge in [0.15, 0.2) is 10.8 Å². The molecule has 0 aliphatic carbocycles. The van der Waals surface area contributed by atoms with Gasteiger partial charge in [0.05, 0.1) is 24.0 Å². The van der Waals surface area contributed by atoms with Crippen LogP contribution in [0.15, 0.2) is 35.6 Å². The summed E-state index contributed by atoms with van der Waals surface area (Å²) in [7, 11) is 0. The van der Waals surface area contributed by atoms with Gasteiger partial charge in [0.25, 0.3) is 0 Å². The highest BCUT2D eigenvalue weighted by atomic mass is 32.2. The summed E-state index contributed by atoms with van der Waals surface area (Å²) in [6, 6.07) is 5.70. The number of aromatic nitrogens is 4. The van der Waals surface area contributed by atoms with Crippen LogP contribution in [0, 0.1) is 11.7 Å². The van der Waals surface area contributed by atoms with Gasteiger partial charge >= 0.3 is 0 Å². The number of thioether (sulfide) groups is 1. The van der Waals surface area contributed by atoms with Crippen molar-refractivity contribution in [1.29, 1.82) is 0 Å². The van der Waals surface area contributed by atoms with Gasteiger partial charge in [-0.1, -0.05) is 18.7 Å². The standard InChI is InChI=1S/C22H26FN7O2S/c1-3-8-24-19-17-12-26-30(20(17)28-22(27-19)33-2)10-9-25-21(32)14-11-18(31)29(13-14)16-6-4-15(23)5-7-16/h4-7,12,14H,3,8-11,13H2,1-2H3,(H,25,32)(H,24,27,28). The summed E-state index contributed by atoms with van der Waals surface area (Å²) in [5.41, 5.74) is 1.30. The predicted octanol–water partition coefficient (Wildman–Crippen LogP) is 2.68. The van der Waals surface area contributed by atoms with Gasteiger partial charge in [-0.2, -0.15) is 5.10 Å². The highest BCUT2D eigenvalue weighted by Gasteiger charge is 2.35. The van der Waals surface area contributed by atoms with Gasteiger partial charge in [0.2, 0.25) is 11.8 Å². The second-order valence-corrected chi connectivity index (χ2v) is 8.54. The largest absolute Gasteiger partial charge is 0.369 e. The summed E-state index contributed by atoms with van der Waals surface area (Å²) < 4.78 is 14.9. The number of anilines is 2. The SMILES string of the molecule is CCCNc1nc(SC)nc2c1cnn2CCNC(=O)C1CC(=O)N(c2ccc(F)cc2)C1. The molecule has 1 saturated heterocycles. The average molecular weight is 472 g/mol. The minimum atomic E-state index is -0.452. The second kappa shape index (κ2) is 10.2. The van der Waals surface area contributed by atoms with Crippen LogP contribution in [0.5, 0.6) is 0 Å². The number of rotatable bonds is 9. The number of nitrogens with one attached hydrogen (secondary N) is 2. The minimum absolute atomic E-state index is 0.130. The van der Waals surface area contributed by atoms with Gasteiger partial charge in [-0.15, -0.1) is 0 Å². The van der Waals surface area contributed by atoms with E-state index >= 15 is 0 Å². The number of benzene rings is 1. The summed E-state index contributed by atoms with van der Waals surface area (Å²) in [5, 5.41) is 12.1. The van der Waals surface area contributed by atoms with Crippen molar-refractivity contribution in [3.63, 3.8) is 0 Å². The molecule has 0 spiro atoms. The lowest BCUT2D eigenvalue weighted by Crippen LogP contribution is -2.35. The van der Waals surface area contributed by atoms with E-state index in [9.17, 15) is 14.0 Å². The van der Waals surface area contributed by atoms with Crippen molar-refractivity contribution in [1.82, 2.24) is 25.1 Å². The van der Waals surface area contributed by atoms with Crippen LogP contribution < -0.4 is 15.5 Å². The zero-order chi connectivity index (χ0) is 23.4. The highest BCUT2D eigenvalue weighted by Crippen LogP contribution is 2.26. The molecule has 174 valence electrons. The molecular weight excluding hydrogens is 445 g/mol. The molecule has 4 rings (SSSR count). The molecule has 11 heteroatoms. The van der Waals surface area contributed by atoms with Crippen molar-refractivity contribution >= 4 is 46.1 Å². The van der Waals surface area contributed by atoms with Crippen LogP contribution in [-0.4, -0.2) is 57.5 Å². The van der Waals surface area contributed by atoms with Crippen LogP contribution in [0.3, 0.4) is 0 Å². The molecule has 1 fully saturated rings. The third kappa shape index (κ3) is 5.08. The van der Waals surface area contributed by atoms with E-state index in [0.717, 1.165) is 24.2 Å². The Morgan fingerprint density at radius 3 is 2.76 bits per heavy atom. The predicted molar refractivity (Wildman–Crippen MR) is 126 cm³/mol. The second-order valence-electron chi connectivity index (χ2n) is 7.76. The molecule has 1 aliphatic rings. The van der Waals surface area contributed by atoms with Crippen molar-refractivity contribution in [3.8, 4) is 0 Å². The first-order valence-electron chi connectivity index (χ1n) is 10.8. The zero-order valence-corrected chi connectivity index (χ0v) is 19.4. The van der Waals surface area contributed by atoms with Gasteiger partial charge in [0, 0.05) is 31.7 Å². The summed E-state index contributed by atoms with van der Waals surface area (Å²) in [6.45, 7) is 3.96. The first kappa shape index (κ1) is 23.0. The molecule has 1 aromatic carbocycles. The fourth-order valence-electron chi connectivity index (χ4n) is 3.75. The molecule has 1 aliphatic heterocycles. The van der Waals surface area contributed by atoms with Crippen molar-refractivity contribution in [2.45, 2.75) is 31.5 Å². The Morgan fingerprint density at radius 2 is 2.03 bits per heavy atom. The molecule has 9 nitrogen and oxygen atoms in total. The van der Waals surface area contributed by atoms with Crippen LogP contribution in [0.2, 0.25) is 0 Å². The lowest BCUT2D eigenvalue weighted by atomic mass is 10.1. The topological polar surface area (TPSA) is 105 Å². The van der Waals surface area contributed by atoms with Crippen LogP contribution in [0.1, 0.15) is 19.8 Å².